The van der Waals surface area contributed by atoms with Gasteiger partial charge in [-0.2, -0.15) is 4.31 Å². The highest BCUT2D eigenvalue weighted by atomic mass is 32.2. The van der Waals surface area contributed by atoms with E-state index < -0.39 is 10.0 Å². The van der Waals surface area contributed by atoms with Crippen LogP contribution in [0, 0.1) is 13.8 Å². The highest BCUT2D eigenvalue weighted by Crippen LogP contribution is 2.26. The number of sulfonamides is 1. The molecule has 0 aromatic heterocycles. The Balaban J connectivity index is 2.44. The zero-order chi connectivity index (χ0) is 14.2. The number of benzene rings is 1. The number of hydrogen-bond acceptors (Lipinski definition) is 3. The normalized spacial score (nSPS) is 25.5. The van der Waals surface area contributed by atoms with Crippen LogP contribution in [0.15, 0.2) is 23.1 Å². The average Bonchev–Trinajstić information content (AvgIpc) is 2.35. The van der Waals surface area contributed by atoms with Crippen LogP contribution in [0.2, 0.25) is 0 Å². The molecule has 19 heavy (non-hydrogen) atoms. The van der Waals surface area contributed by atoms with Crippen molar-refractivity contribution in [3.8, 4) is 0 Å². The Morgan fingerprint density at radius 3 is 2.63 bits per heavy atom. The first-order chi connectivity index (χ1) is 8.84. The first kappa shape index (κ1) is 14.5. The molecule has 1 saturated heterocycles. The fraction of sp³-hybridized carbons (Fsp3) is 0.571. The van der Waals surface area contributed by atoms with Gasteiger partial charge >= 0.3 is 0 Å². The first-order valence-electron chi connectivity index (χ1n) is 6.54. The molecule has 2 atom stereocenters. The number of nitrogens with zero attached hydrogens (tertiary/aromatic N) is 1. The van der Waals surface area contributed by atoms with Crippen LogP contribution in [-0.4, -0.2) is 38.0 Å². The standard InChI is InChI=1S/C14H21NO3S/c1-10-5-6-11(2)14(9-10)19(16,17)15-7-8-18-13(4)12(15)3/h5-6,9,12-13H,7-8H2,1-4H3. The van der Waals surface area contributed by atoms with Crippen molar-refractivity contribution in [1.29, 1.82) is 0 Å². The number of hydrogen-bond donors (Lipinski definition) is 0. The Kier molecular flexibility index (Phi) is 3.99. The molecular formula is C14H21NO3S. The van der Waals surface area contributed by atoms with Crippen LogP contribution in [-0.2, 0) is 14.8 Å². The molecule has 0 spiro atoms. The molecule has 1 aromatic carbocycles. The van der Waals surface area contributed by atoms with E-state index in [9.17, 15) is 8.42 Å². The zero-order valence-electron chi connectivity index (χ0n) is 11.9. The fourth-order valence-electron chi connectivity index (χ4n) is 2.36. The monoisotopic (exact) mass is 283 g/mol. The molecule has 1 aliphatic heterocycles. The largest absolute Gasteiger partial charge is 0.375 e. The van der Waals surface area contributed by atoms with E-state index in [-0.39, 0.29) is 12.1 Å². The quantitative estimate of drug-likeness (QED) is 0.835. The molecule has 1 heterocycles. The van der Waals surface area contributed by atoms with Gasteiger partial charge in [0.2, 0.25) is 10.0 Å². The van der Waals surface area contributed by atoms with Crippen molar-refractivity contribution in [2.45, 2.75) is 44.7 Å². The third-order valence-electron chi connectivity index (χ3n) is 3.76. The lowest BCUT2D eigenvalue weighted by Gasteiger charge is -2.37. The van der Waals surface area contributed by atoms with E-state index in [1.165, 1.54) is 0 Å². The molecule has 0 N–H and O–H groups in total. The van der Waals surface area contributed by atoms with Crippen LogP contribution in [0.25, 0.3) is 0 Å². The van der Waals surface area contributed by atoms with Gasteiger partial charge in [0, 0.05) is 12.6 Å². The summed E-state index contributed by atoms with van der Waals surface area (Å²) in [7, 11) is -3.44. The number of ether oxygens (including phenoxy) is 1. The molecule has 0 bridgehead atoms. The highest BCUT2D eigenvalue weighted by molar-refractivity contribution is 7.89. The van der Waals surface area contributed by atoms with Crippen molar-refractivity contribution in [3.05, 3.63) is 29.3 Å². The summed E-state index contributed by atoms with van der Waals surface area (Å²) >= 11 is 0. The van der Waals surface area contributed by atoms with Crippen molar-refractivity contribution in [3.63, 3.8) is 0 Å². The van der Waals surface area contributed by atoms with Crippen molar-refractivity contribution in [1.82, 2.24) is 4.31 Å². The van der Waals surface area contributed by atoms with E-state index in [2.05, 4.69) is 0 Å². The lowest BCUT2D eigenvalue weighted by atomic mass is 10.2. The second-order valence-corrected chi connectivity index (χ2v) is 7.06. The molecule has 4 nitrogen and oxygen atoms in total. The summed E-state index contributed by atoms with van der Waals surface area (Å²) in [5.74, 6) is 0. The Morgan fingerprint density at radius 1 is 1.26 bits per heavy atom. The SMILES string of the molecule is Cc1ccc(C)c(S(=O)(=O)N2CCOC(C)C2C)c1. The van der Waals surface area contributed by atoms with Crippen LogP contribution in [0.1, 0.15) is 25.0 Å². The maximum atomic E-state index is 12.8. The molecule has 0 radical (unpaired) electrons. The summed E-state index contributed by atoms with van der Waals surface area (Å²) in [6.45, 7) is 8.42. The Morgan fingerprint density at radius 2 is 1.95 bits per heavy atom. The van der Waals surface area contributed by atoms with E-state index >= 15 is 0 Å². The predicted octanol–water partition coefficient (Wildman–Crippen LogP) is 2.10. The molecule has 1 aliphatic rings. The minimum absolute atomic E-state index is 0.0753. The number of aryl methyl sites for hydroxylation is 2. The summed E-state index contributed by atoms with van der Waals surface area (Å²) in [6, 6.07) is 5.40. The molecule has 2 rings (SSSR count). The lowest BCUT2D eigenvalue weighted by Crippen LogP contribution is -2.51. The molecule has 106 valence electrons. The predicted molar refractivity (Wildman–Crippen MR) is 74.7 cm³/mol. The van der Waals surface area contributed by atoms with E-state index in [0.717, 1.165) is 11.1 Å². The Hall–Kier alpha value is -0.910. The molecule has 0 amide bonds. The Bertz CT molecular complexity index is 568. The first-order valence-corrected chi connectivity index (χ1v) is 7.98. The van der Waals surface area contributed by atoms with Gasteiger partial charge in [0.25, 0.3) is 0 Å². The van der Waals surface area contributed by atoms with Crippen LogP contribution < -0.4 is 0 Å². The summed E-state index contributed by atoms with van der Waals surface area (Å²) < 4.78 is 32.6. The Labute approximate surface area is 115 Å². The van der Waals surface area contributed by atoms with Crippen LogP contribution in [0.5, 0.6) is 0 Å². The van der Waals surface area contributed by atoms with Gasteiger partial charge < -0.3 is 4.74 Å². The molecule has 1 fully saturated rings. The molecule has 2 unspecified atom stereocenters. The fourth-order valence-corrected chi connectivity index (χ4v) is 4.34. The van der Waals surface area contributed by atoms with E-state index in [1.807, 2.05) is 39.8 Å². The smallest absolute Gasteiger partial charge is 0.243 e. The molecule has 0 saturated carbocycles. The highest BCUT2D eigenvalue weighted by Gasteiger charge is 2.35. The van der Waals surface area contributed by atoms with Gasteiger partial charge in [-0.3, -0.25) is 0 Å². The number of rotatable bonds is 2. The van der Waals surface area contributed by atoms with Gasteiger partial charge in [-0.15, -0.1) is 0 Å². The van der Waals surface area contributed by atoms with E-state index in [4.69, 9.17) is 4.74 Å². The van der Waals surface area contributed by atoms with E-state index in [0.29, 0.717) is 18.0 Å². The molecule has 1 aromatic rings. The molecule has 0 aliphatic carbocycles. The minimum Gasteiger partial charge on any atom is -0.375 e. The lowest BCUT2D eigenvalue weighted by molar-refractivity contribution is -0.0232. The average molecular weight is 283 g/mol. The summed E-state index contributed by atoms with van der Waals surface area (Å²) in [6.07, 6.45) is -0.0753. The van der Waals surface area contributed by atoms with Gasteiger partial charge in [0.05, 0.1) is 17.6 Å². The second-order valence-electron chi connectivity index (χ2n) is 5.20. The van der Waals surface area contributed by atoms with Crippen molar-refractivity contribution in [2.24, 2.45) is 0 Å². The van der Waals surface area contributed by atoms with Crippen molar-refractivity contribution < 1.29 is 13.2 Å². The molecule has 5 heteroatoms. The number of morpholine rings is 1. The topological polar surface area (TPSA) is 46.6 Å². The van der Waals surface area contributed by atoms with E-state index in [1.54, 1.807) is 10.4 Å². The van der Waals surface area contributed by atoms with Gasteiger partial charge in [0.15, 0.2) is 0 Å². The van der Waals surface area contributed by atoms with Gasteiger partial charge in [-0.1, -0.05) is 12.1 Å². The summed E-state index contributed by atoms with van der Waals surface area (Å²) in [4.78, 5) is 0.411. The minimum atomic E-state index is -3.44. The van der Waals surface area contributed by atoms with Crippen LogP contribution in [0.3, 0.4) is 0 Å². The zero-order valence-corrected chi connectivity index (χ0v) is 12.7. The maximum absolute atomic E-state index is 12.8. The summed E-state index contributed by atoms with van der Waals surface area (Å²) in [5, 5.41) is 0. The maximum Gasteiger partial charge on any atom is 0.243 e. The van der Waals surface area contributed by atoms with Gasteiger partial charge in [-0.05, 0) is 44.9 Å². The second kappa shape index (κ2) is 5.23. The van der Waals surface area contributed by atoms with Crippen LogP contribution in [0.4, 0.5) is 0 Å². The van der Waals surface area contributed by atoms with Crippen LogP contribution >= 0.6 is 0 Å². The molecular weight excluding hydrogens is 262 g/mol. The van der Waals surface area contributed by atoms with Gasteiger partial charge in [0.1, 0.15) is 0 Å². The third kappa shape index (κ3) is 2.68. The van der Waals surface area contributed by atoms with Crippen molar-refractivity contribution in [2.75, 3.05) is 13.2 Å². The summed E-state index contributed by atoms with van der Waals surface area (Å²) in [5.41, 5.74) is 1.75. The van der Waals surface area contributed by atoms with Gasteiger partial charge in [-0.25, -0.2) is 8.42 Å². The van der Waals surface area contributed by atoms with Crippen molar-refractivity contribution >= 4 is 10.0 Å². The third-order valence-corrected chi connectivity index (χ3v) is 5.88.